The molecule has 2 N–H and O–H groups in total. The maximum atomic E-state index is 12.0. The third kappa shape index (κ3) is 3.97. The first kappa shape index (κ1) is 15.4. The summed E-state index contributed by atoms with van der Waals surface area (Å²) < 4.78 is 5.63. The highest BCUT2D eigenvalue weighted by Crippen LogP contribution is 2.39. The highest BCUT2D eigenvalue weighted by Gasteiger charge is 2.48. The molecule has 5 heteroatoms. The molecule has 0 heterocycles. The van der Waals surface area contributed by atoms with E-state index in [1.807, 2.05) is 45.0 Å². The number of amides is 1. The van der Waals surface area contributed by atoms with Crippen LogP contribution < -0.4 is 10.1 Å². The van der Waals surface area contributed by atoms with Gasteiger partial charge in [0.25, 0.3) is 0 Å². The zero-order valence-electron chi connectivity index (χ0n) is 12.5. The standard InChI is InChI=1S/C16H21NO4/c1-9(2)21-12-6-4-5-11(7-12)10(3)17-15(18)13-8-14(13)16(19)20/h4-7,9-10,13-14H,8H2,1-3H3,(H,17,18)(H,19,20)/t10-,13-,14+/m0/s1. The number of carboxylic acids is 1. The van der Waals surface area contributed by atoms with Crippen molar-refractivity contribution in [2.45, 2.75) is 39.3 Å². The van der Waals surface area contributed by atoms with E-state index in [1.54, 1.807) is 0 Å². The van der Waals surface area contributed by atoms with Crippen LogP contribution in [0.1, 0.15) is 38.8 Å². The highest BCUT2D eigenvalue weighted by atomic mass is 16.5. The molecule has 0 aromatic heterocycles. The predicted molar refractivity (Wildman–Crippen MR) is 78.0 cm³/mol. The van der Waals surface area contributed by atoms with Crippen molar-refractivity contribution in [3.05, 3.63) is 29.8 Å². The lowest BCUT2D eigenvalue weighted by molar-refractivity contribution is -0.140. The van der Waals surface area contributed by atoms with Gasteiger partial charge in [0.2, 0.25) is 5.91 Å². The molecule has 0 spiro atoms. The van der Waals surface area contributed by atoms with Crippen molar-refractivity contribution < 1.29 is 19.4 Å². The fraction of sp³-hybridized carbons (Fsp3) is 0.500. The first-order valence-corrected chi connectivity index (χ1v) is 7.18. The Bertz CT molecular complexity index is 541. The van der Waals surface area contributed by atoms with Crippen LogP contribution >= 0.6 is 0 Å². The number of rotatable bonds is 6. The second kappa shape index (κ2) is 6.16. The molecule has 3 atom stereocenters. The molecule has 0 bridgehead atoms. The summed E-state index contributed by atoms with van der Waals surface area (Å²) in [6.45, 7) is 5.79. The van der Waals surface area contributed by atoms with Crippen LogP contribution in [0.5, 0.6) is 5.75 Å². The van der Waals surface area contributed by atoms with Crippen LogP contribution in [-0.4, -0.2) is 23.1 Å². The molecule has 0 radical (unpaired) electrons. The van der Waals surface area contributed by atoms with E-state index in [2.05, 4.69) is 5.32 Å². The van der Waals surface area contributed by atoms with Crippen LogP contribution in [0.4, 0.5) is 0 Å². The van der Waals surface area contributed by atoms with Crippen molar-refractivity contribution in [2.24, 2.45) is 11.8 Å². The zero-order valence-corrected chi connectivity index (χ0v) is 12.5. The summed E-state index contributed by atoms with van der Waals surface area (Å²) in [6.07, 6.45) is 0.526. The third-order valence-corrected chi connectivity index (χ3v) is 3.53. The van der Waals surface area contributed by atoms with Gasteiger partial charge in [-0.15, -0.1) is 0 Å². The molecular formula is C16H21NO4. The minimum Gasteiger partial charge on any atom is -0.491 e. The molecular weight excluding hydrogens is 270 g/mol. The summed E-state index contributed by atoms with van der Waals surface area (Å²) in [5.74, 6) is -1.23. The van der Waals surface area contributed by atoms with Gasteiger partial charge >= 0.3 is 5.97 Å². The molecule has 21 heavy (non-hydrogen) atoms. The van der Waals surface area contributed by atoms with Crippen LogP contribution in [0.3, 0.4) is 0 Å². The molecule has 1 fully saturated rings. The lowest BCUT2D eigenvalue weighted by atomic mass is 10.1. The SMILES string of the molecule is CC(C)Oc1cccc([C@H](C)NC(=O)[C@H]2C[C@H]2C(=O)O)c1. The van der Waals surface area contributed by atoms with Gasteiger partial charge in [0.15, 0.2) is 0 Å². The number of carbonyl (C=O) groups is 2. The normalized spacial score (nSPS) is 21.7. The molecule has 0 aliphatic heterocycles. The quantitative estimate of drug-likeness (QED) is 0.843. The average Bonchev–Trinajstić information content (AvgIpc) is 3.18. The molecule has 5 nitrogen and oxygen atoms in total. The van der Waals surface area contributed by atoms with Crippen LogP contribution in [0, 0.1) is 11.8 Å². The molecule has 1 aliphatic rings. The molecule has 1 saturated carbocycles. The van der Waals surface area contributed by atoms with E-state index >= 15 is 0 Å². The van der Waals surface area contributed by atoms with Crippen LogP contribution in [0.15, 0.2) is 24.3 Å². The first-order chi connectivity index (χ1) is 9.88. The fourth-order valence-electron chi connectivity index (χ4n) is 2.29. The number of hydrogen-bond acceptors (Lipinski definition) is 3. The Labute approximate surface area is 124 Å². The summed E-state index contributed by atoms with van der Waals surface area (Å²) in [5.41, 5.74) is 0.939. The Kier molecular flexibility index (Phi) is 4.50. The number of ether oxygens (including phenoxy) is 1. The van der Waals surface area contributed by atoms with Crippen LogP contribution in [-0.2, 0) is 9.59 Å². The van der Waals surface area contributed by atoms with Gasteiger partial charge in [0.1, 0.15) is 5.75 Å². The number of benzene rings is 1. The van der Waals surface area contributed by atoms with Crippen LogP contribution in [0.25, 0.3) is 0 Å². The van der Waals surface area contributed by atoms with Gasteiger partial charge in [-0.3, -0.25) is 9.59 Å². The zero-order chi connectivity index (χ0) is 15.6. The maximum absolute atomic E-state index is 12.0. The summed E-state index contributed by atoms with van der Waals surface area (Å²) in [4.78, 5) is 22.7. The number of aliphatic carboxylic acids is 1. The average molecular weight is 291 g/mol. The van der Waals surface area contributed by atoms with Gasteiger partial charge in [0, 0.05) is 0 Å². The molecule has 1 aromatic carbocycles. The van der Waals surface area contributed by atoms with E-state index in [9.17, 15) is 9.59 Å². The van der Waals surface area contributed by atoms with Gasteiger partial charge in [-0.1, -0.05) is 12.1 Å². The van der Waals surface area contributed by atoms with E-state index in [4.69, 9.17) is 9.84 Å². The van der Waals surface area contributed by atoms with E-state index in [0.29, 0.717) is 6.42 Å². The van der Waals surface area contributed by atoms with E-state index < -0.39 is 11.9 Å². The molecule has 0 unspecified atom stereocenters. The summed E-state index contributed by atoms with van der Waals surface area (Å²) in [6, 6.07) is 7.39. The van der Waals surface area contributed by atoms with Crippen molar-refractivity contribution in [2.75, 3.05) is 0 Å². The minimum atomic E-state index is -0.893. The molecule has 114 valence electrons. The lowest BCUT2D eigenvalue weighted by Gasteiger charge is -2.16. The second-order valence-corrected chi connectivity index (χ2v) is 5.76. The number of carboxylic acid groups (broad SMARTS) is 1. The summed E-state index contributed by atoms with van der Waals surface area (Å²) in [7, 11) is 0. The molecule has 0 saturated heterocycles. The number of carbonyl (C=O) groups excluding carboxylic acids is 1. The van der Waals surface area contributed by atoms with E-state index in [1.165, 1.54) is 0 Å². The third-order valence-electron chi connectivity index (χ3n) is 3.53. The fourth-order valence-corrected chi connectivity index (χ4v) is 2.29. The Morgan fingerprint density at radius 2 is 2.00 bits per heavy atom. The van der Waals surface area contributed by atoms with Crippen molar-refractivity contribution in [1.29, 1.82) is 0 Å². The molecule has 1 aliphatic carbocycles. The Morgan fingerprint density at radius 1 is 1.29 bits per heavy atom. The summed E-state index contributed by atoms with van der Waals surface area (Å²) in [5, 5.41) is 11.7. The Hall–Kier alpha value is -2.04. The lowest BCUT2D eigenvalue weighted by Crippen LogP contribution is -2.29. The monoisotopic (exact) mass is 291 g/mol. The molecule has 2 rings (SSSR count). The first-order valence-electron chi connectivity index (χ1n) is 7.18. The van der Waals surface area contributed by atoms with Crippen molar-refractivity contribution in [3.8, 4) is 5.75 Å². The minimum absolute atomic E-state index is 0.0907. The van der Waals surface area contributed by atoms with Gasteiger partial charge < -0.3 is 15.2 Å². The highest BCUT2D eigenvalue weighted by molar-refractivity contribution is 5.89. The smallest absolute Gasteiger partial charge is 0.307 e. The van der Waals surface area contributed by atoms with Crippen molar-refractivity contribution in [3.63, 3.8) is 0 Å². The second-order valence-electron chi connectivity index (χ2n) is 5.76. The van der Waals surface area contributed by atoms with Gasteiger partial charge in [0.05, 0.1) is 24.0 Å². The number of hydrogen-bond donors (Lipinski definition) is 2. The Morgan fingerprint density at radius 3 is 2.57 bits per heavy atom. The predicted octanol–water partition coefficient (Wildman–Crippen LogP) is 2.37. The van der Waals surface area contributed by atoms with Crippen molar-refractivity contribution >= 4 is 11.9 Å². The Balaban J connectivity index is 1.95. The summed E-state index contributed by atoms with van der Waals surface area (Å²) >= 11 is 0. The van der Waals surface area contributed by atoms with Gasteiger partial charge in [-0.2, -0.15) is 0 Å². The largest absolute Gasteiger partial charge is 0.491 e. The van der Waals surface area contributed by atoms with Crippen molar-refractivity contribution in [1.82, 2.24) is 5.32 Å². The molecule has 1 amide bonds. The van der Waals surface area contributed by atoms with Gasteiger partial charge in [-0.05, 0) is 44.9 Å². The topological polar surface area (TPSA) is 75.6 Å². The number of nitrogens with one attached hydrogen (secondary N) is 1. The van der Waals surface area contributed by atoms with E-state index in [0.717, 1.165) is 11.3 Å². The van der Waals surface area contributed by atoms with Crippen LogP contribution in [0.2, 0.25) is 0 Å². The molecule has 1 aromatic rings. The van der Waals surface area contributed by atoms with Gasteiger partial charge in [-0.25, -0.2) is 0 Å². The maximum Gasteiger partial charge on any atom is 0.307 e. The van der Waals surface area contributed by atoms with E-state index in [-0.39, 0.29) is 24.0 Å².